The Morgan fingerprint density at radius 1 is 1.35 bits per heavy atom. The molecule has 6 heteroatoms. The van der Waals surface area contributed by atoms with E-state index in [0.29, 0.717) is 5.92 Å². The molecule has 1 aliphatic heterocycles. The minimum absolute atomic E-state index is 0.693. The van der Waals surface area contributed by atoms with Gasteiger partial charge in [0.15, 0.2) is 0 Å². The van der Waals surface area contributed by atoms with Gasteiger partial charge in [-0.05, 0) is 39.3 Å². The van der Waals surface area contributed by atoms with Crippen LogP contribution in [0.3, 0.4) is 0 Å². The number of aryl methyl sites for hydroxylation is 1. The van der Waals surface area contributed by atoms with Crippen LogP contribution in [0, 0.1) is 12.8 Å². The highest BCUT2D eigenvalue weighted by Crippen LogP contribution is 2.21. The first-order valence-corrected chi connectivity index (χ1v) is 7.40. The zero-order valence-corrected chi connectivity index (χ0v) is 12.7. The maximum absolute atomic E-state index is 5.55. The number of nitrogen functional groups attached to an aromatic ring is 1. The quantitative estimate of drug-likeness (QED) is 0.539. The molecule has 1 aliphatic rings. The average Bonchev–Trinajstić information content (AvgIpc) is 2.85. The molecule has 1 aromatic rings. The molecular formula is C14H26N6. The van der Waals surface area contributed by atoms with E-state index >= 15 is 0 Å². The summed E-state index contributed by atoms with van der Waals surface area (Å²) < 4.78 is 0. The molecule has 0 bridgehead atoms. The number of nitrogens with zero attached hydrogens (tertiary/aromatic N) is 3. The van der Waals surface area contributed by atoms with Gasteiger partial charge in [-0.15, -0.1) is 0 Å². The molecular weight excluding hydrogens is 252 g/mol. The highest BCUT2D eigenvalue weighted by molar-refractivity contribution is 5.56. The van der Waals surface area contributed by atoms with Gasteiger partial charge in [0.2, 0.25) is 0 Å². The summed E-state index contributed by atoms with van der Waals surface area (Å²) in [4.78, 5) is 11.4. The molecule has 2 heterocycles. The van der Waals surface area contributed by atoms with Crippen LogP contribution in [0.25, 0.3) is 0 Å². The molecule has 6 nitrogen and oxygen atoms in total. The number of nitrogens with one attached hydrogen (secondary N) is 2. The van der Waals surface area contributed by atoms with Crippen molar-refractivity contribution in [2.24, 2.45) is 11.8 Å². The molecule has 1 atom stereocenters. The lowest BCUT2D eigenvalue weighted by Gasteiger charge is -2.16. The molecule has 0 radical (unpaired) electrons. The Balaban J connectivity index is 2.07. The Kier molecular flexibility index (Phi) is 5.14. The molecule has 0 aliphatic carbocycles. The van der Waals surface area contributed by atoms with E-state index in [4.69, 9.17) is 5.84 Å². The van der Waals surface area contributed by atoms with Crippen molar-refractivity contribution < 1.29 is 0 Å². The SMILES string of the molecule is CCCc1nc(NN)c(C)c(NCC2CCN(C)C2)n1. The van der Waals surface area contributed by atoms with Crippen LogP contribution >= 0.6 is 0 Å². The summed E-state index contributed by atoms with van der Waals surface area (Å²) in [5.41, 5.74) is 3.66. The maximum atomic E-state index is 5.55. The normalized spacial score (nSPS) is 19.3. The van der Waals surface area contributed by atoms with Gasteiger partial charge in [0.05, 0.1) is 0 Å². The van der Waals surface area contributed by atoms with Crippen LogP contribution in [0.2, 0.25) is 0 Å². The maximum Gasteiger partial charge on any atom is 0.148 e. The average molecular weight is 278 g/mol. The fraction of sp³-hybridized carbons (Fsp3) is 0.714. The number of rotatable bonds is 6. The van der Waals surface area contributed by atoms with Crippen LogP contribution in [-0.2, 0) is 6.42 Å². The van der Waals surface area contributed by atoms with Crippen molar-refractivity contribution in [2.75, 3.05) is 37.4 Å². The predicted octanol–water partition coefficient (Wildman–Crippen LogP) is 1.39. The van der Waals surface area contributed by atoms with Crippen molar-refractivity contribution in [3.05, 3.63) is 11.4 Å². The number of hydrogen-bond acceptors (Lipinski definition) is 6. The van der Waals surface area contributed by atoms with Crippen molar-refractivity contribution in [3.63, 3.8) is 0 Å². The molecule has 0 amide bonds. The van der Waals surface area contributed by atoms with Crippen LogP contribution in [0.1, 0.15) is 31.2 Å². The summed E-state index contributed by atoms with van der Waals surface area (Å²) in [5, 5.41) is 3.48. The molecule has 20 heavy (non-hydrogen) atoms. The first kappa shape index (κ1) is 15.0. The number of hydrazine groups is 1. The van der Waals surface area contributed by atoms with Crippen LogP contribution in [0.5, 0.6) is 0 Å². The molecule has 1 unspecified atom stereocenters. The standard InChI is InChI=1S/C14H26N6/c1-4-5-12-17-13(10(2)14(18-12)19-15)16-8-11-6-7-20(3)9-11/h11H,4-9,15H2,1-3H3,(H2,16,17,18,19). The number of anilines is 2. The molecule has 4 N–H and O–H groups in total. The van der Waals surface area contributed by atoms with Crippen molar-refractivity contribution in [3.8, 4) is 0 Å². The van der Waals surface area contributed by atoms with E-state index in [1.807, 2.05) is 6.92 Å². The van der Waals surface area contributed by atoms with Gasteiger partial charge in [0.25, 0.3) is 0 Å². The van der Waals surface area contributed by atoms with Crippen molar-refractivity contribution >= 4 is 11.6 Å². The third-order valence-corrected chi connectivity index (χ3v) is 3.85. The summed E-state index contributed by atoms with van der Waals surface area (Å²) in [6.45, 7) is 7.42. The second kappa shape index (κ2) is 6.85. The van der Waals surface area contributed by atoms with Gasteiger partial charge in [-0.1, -0.05) is 6.92 Å². The van der Waals surface area contributed by atoms with Gasteiger partial charge in [-0.25, -0.2) is 15.8 Å². The zero-order chi connectivity index (χ0) is 14.5. The molecule has 0 spiro atoms. The Bertz CT molecular complexity index is 448. The Hall–Kier alpha value is -1.40. The van der Waals surface area contributed by atoms with Gasteiger partial charge in [0, 0.05) is 25.1 Å². The smallest absolute Gasteiger partial charge is 0.148 e. The van der Waals surface area contributed by atoms with Gasteiger partial charge in [-0.2, -0.15) is 0 Å². The van der Waals surface area contributed by atoms with E-state index in [0.717, 1.165) is 49.0 Å². The van der Waals surface area contributed by atoms with Crippen molar-refractivity contribution in [1.82, 2.24) is 14.9 Å². The summed E-state index contributed by atoms with van der Waals surface area (Å²) in [5.74, 6) is 8.71. The second-order valence-electron chi connectivity index (χ2n) is 5.65. The molecule has 1 fully saturated rings. The zero-order valence-electron chi connectivity index (χ0n) is 12.7. The minimum Gasteiger partial charge on any atom is -0.369 e. The van der Waals surface area contributed by atoms with Gasteiger partial charge < -0.3 is 15.6 Å². The molecule has 0 saturated carbocycles. The van der Waals surface area contributed by atoms with Gasteiger partial charge in [0.1, 0.15) is 17.5 Å². The number of likely N-dealkylation sites (tertiary alicyclic amines) is 1. The van der Waals surface area contributed by atoms with E-state index in [1.165, 1.54) is 13.0 Å². The molecule has 2 rings (SSSR count). The highest BCUT2D eigenvalue weighted by atomic mass is 15.3. The van der Waals surface area contributed by atoms with E-state index in [2.05, 4.69) is 39.6 Å². The van der Waals surface area contributed by atoms with Crippen LogP contribution in [0.15, 0.2) is 0 Å². The predicted molar refractivity (Wildman–Crippen MR) is 82.7 cm³/mol. The summed E-state index contributed by atoms with van der Waals surface area (Å²) in [6, 6.07) is 0. The summed E-state index contributed by atoms with van der Waals surface area (Å²) >= 11 is 0. The number of nitrogens with two attached hydrogens (primary N) is 1. The minimum atomic E-state index is 0.693. The fourth-order valence-corrected chi connectivity index (χ4v) is 2.64. The van der Waals surface area contributed by atoms with E-state index in [1.54, 1.807) is 0 Å². The lowest BCUT2D eigenvalue weighted by molar-refractivity contribution is 0.399. The molecule has 0 aromatic carbocycles. The van der Waals surface area contributed by atoms with Crippen LogP contribution in [-0.4, -0.2) is 41.5 Å². The van der Waals surface area contributed by atoms with Gasteiger partial charge in [-0.3, -0.25) is 0 Å². The van der Waals surface area contributed by atoms with Gasteiger partial charge >= 0.3 is 0 Å². The Morgan fingerprint density at radius 3 is 2.70 bits per heavy atom. The number of hydrogen-bond donors (Lipinski definition) is 3. The van der Waals surface area contributed by atoms with E-state index in [-0.39, 0.29) is 0 Å². The summed E-state index contributed by atoms with van der Waals surface area (Å²) in [6.07, 6.45) is 3.15. The monoisotopic (exact) mass is 278 g/mol. The van der Waals surface area contributed by atoms with E-state index < -0.39 is 0 Å². The Morgan fingerprint density at radius 2 is 2.10 bits per heavy atom. The molecule has 112 valence electrons. The molecule has 1 saturated heterocycles. The van der Waals surface area contributed by atoms with Crippen molar-refractivity contribution in [1.29, 1.82) is 0 Å². The van der Waals surface area contributed by atoms with Crippen LogP contribution < -0.4 is 16.6 Å². The highest BCUT2D eigenvalue weighted by Gasteiger charge is 2.20. The third-order valence-electron chi connectivity index (χ3n) is 3.85. The first-order valence-electron chi connectivity index (χ1n) is 7.40. The fourth-order valence-electron chi connectivity index (χ4n) is 2.64. The lowest BCUT2D eigenvalue weighted by atomic mass is 10.1. The van der Waals surface area contributed by atoms with Crippen molar-refractivity contribution in [2.45, 2.75) is 33.1 Å². The summed E-state index contributed by atoms with van der Waals surface area (Å²) in [7, 11) is 2.17. The molecule has 1 aromatic heterocycles. The first-order chi connectivity index (χ1) is 9.63. The second-order valence-corrected chi connectivity index (χ2v) is 5.65. The number of aromatic nitrogens is 2. The topological polar surface area (TPSA) is 79.1 Å². The van der Waals surface area contributed by atoms with E-state index in [9.17, 15) is 0 Å². The Labute approximate surface area is 121 Å². The third kappa shape index (κ3) is 3.58. The largest absolute Gasteiger partial charge is 0.369 e. The lowest BCUT2D eigenvalue weighted by Crippen LogP contribution is -2.21. The van der Waals surface area contributed by atoms with Crippen LogP contribution in [0.4, 0.5) is 11.6 Å².